The Bertz CT molecular complexity index is 998. The molecule has 6 heteroatoms. The van der Waals surface area contributed by atoms with Crippen molar-refractivity contribution in [3.63, 3.8) is 0 Å². The van der Waals surface area contributed by atoms with Gasteiger partial charge in [-0.2, -0.15) is 5.10 Å². The molecule has 0 heterocycles. The number of hydrogen-bond donors (Lipinski definition) is 1. The highest BCUT2D eigenvalue weighted by Gasteiger charge is 2.09. The number of carbonyl (C=O) groups excluding carboxylic acids is 2. The minimum Gasteiger partial charge on any atom is -0.494 e. The van der Waals surface area contributed by atoms with E-state index in [4.69, 9.17) is 9.47 Å². The molecule has 0 aliphatic rings. The van der Waals surface area contributed by atoms with Crippen LogP contribution in [0.1, 0.15) is 39.6 Å². The van der Waals surface area contributed by atoms with Crippen molar-refractivity contribution in [2.75, 3.05) is 6.61 Å². The lowest BCUT2D eigenvalue weighted by atomic mass is 10.2. The molecule has 0 bridgehead atoms. The first-order chi connectivity index (χ1) is 14.7. The maximum absolute atomic E-state index is 12.3. The average Bonchev–Trinajstić information content (AvgIpc) is 2.79. The first-order valence-corrected chi connectivity index (χ1v) is 9.59. The summed E-state index contributed by atoms with van der Waals surface area (Å²) in [7, 11) is 0. The van der Waals surface area contributed by atoms with E-state index in [1.54, 1.807) is 72.8 Å². The summed E-state index contributed by atoms with van der Waals surface area (Å²) >= 11 is 0. The number of benzene rings is 3. The third-order valence-electron chi connectivity index (χ3n) is 4.07. The van der Waals surface area contributed by atoms with Gasteiger partial charge in [0.05, 0.1) is 18.4 Å². The Morgan fingerprint density at radius 2 is 1.53 bits per heavy atom. The van der Waals surface area contributed by atoms with Crippen LogP contribution in [0.3, 0.4) is 0 Å². The molecule has 3 aromatic carbocycles. The van der Waals surface area contributed by atoms with E-state index in [9.17, 15) is 9.59 Å². The number of nitrogens with one attached hydrogen (secondary N) is 1. The minimum atomic E-state index is -0.450. The van der Waals surface area contributed by atoms with Crippen LogP contribution in [0.2, 0.25) is 0 Å². The Kier molecular flexibility index (Phi) is 7.33. The molecule has 3 rings (SSSR count). The number of carbonyl (C=O) groups is 2. The second-order valence-corrected chi connectivity index (χ2v) is 6.40. The van der Waals surface area contributed by atoms with Crippen LogP contribution in [0.5, 0.6) is 11.5 Å². The molecule has 0 atom stereocenters. The van der Waals surface area contributed by atoms with E-state index < -0.39 is 5.97 Å². The van der Waals surface area contributed by atoms with Crippen molar-refractivity contribution in [2.45, 2.75) is 13.3 Å². The summed E-state index contributed by atoms with van der Waals surface area (Å²) in [5, 5.41) is 3.94. The summed E-state index contributed by atoms with van der Waals surface area (Å²) in [5.74, 6) is 0.394. The van der Waals surface area contributed by atoms with E-state index in [0.29, 0.717) is 23.5 Å². The Hall–Kier alpha value is -3.93. The molecule has 30 heavy (non-hydrogen) atoms. The Balaban J connectivity index is 1.52. The highest BCUT2D eigenvalue weighted by atomic mass is 16.5. The van der Waals surface area contributed by atoms with Crippen LogP contribution in [0.4, 0.5) is 0 Å². The number of nitrogens with zero attached hydrogens (tertiary/aromatic N) is 1. The number of hydrazone groups is 1. The van der Waals surface area contributed by atoms with E-state index in [1.807, 2.05) is 13.0 Å². The van der Waals surface area contributed by atoms with Gasteiger partial charge in [0.1, 0.15) is 11.5 Å². The largest absolute Gasteiger partial charge is 0.494 e. The van der Waals surface area contributed by atoms with Gasteiger partial charge < -0.3 is 9.47 Å². The van der Waals surface area contributed by atoms with Crippen molar-refractivity contribution in [2.24, 2.45) is 5.10 Å². The molecule has 0 saturated heterocycles. The Labute approximate surface area is 175 Å². The van der Waals surface area contributed by atoms with Crippen LogP contribution < -0.4 is 14.9 Å². The van der Waals surface area contributed by atoms with Gasteiger partial charge in [-0.15, -0.1) is 0 Å². The van der Waals surface area contributed by atoms with E-state index in [-0.39, 0.29) is 5.91 Å². The molecule has 0 fully saturated rings. The van der Waals surface area contributed by atoms with Gasteiger partial charge in [0, 0.05) is 5.56 Å². The summed E-state index contributed by atoms with van der Waals surface area (Å²) in [6.07, 6.45) is 2.44. The molecule has 0 aromatic heterocycles. The summed E-state index contributed by atoms with van der Waals surface area (Å²) in [5.41, 5.74) is 4.19. The molecular formula is C24H22N2O4. The number of ether oxygens (including phenoxy) is 2. The molecule has 0 aliphatic heterocycles. The topological polar surface area (TPSA) is 77.0 Å². The molecule has 0 spiro atoms. The van der Waals surface area contributed by atoms with Gasteiger partial charge in [-0.1, -0.05) is 25.1 Å². The molecule has 0 unspecified atom stereocenters. The number of amides is 1. The van der Waals surface area contributed by atoms with Gasteiger partial charge in [-0.25, -0.2) is 10.2 Å². The molecule has 3 aromatic rings. The number of esters is 1. The van der Waals surface area contributed by atoms with Crippen LogP contribution in [-0.4, -0.2) is 24.7 Å². The van der Waals surface area contributed by atoms with Crippen molar-refractivity contribution in [3.05, 3.63) is 95.6 Å². The van der Waals surface area contributed by atoms with Crippen molar-refractivity contribution < 1.29 is 19.1 Å². The van der Waals surface area contributed by atoms with Crippen LogP contribution in [0.15, 0.2) is 84.0 Å². The van der Waals surface area contributed by atoms with Gasteiger partial charge in [0.25, 0.3) is 5.91 Å². The molecule has 0 radical (unpaired) electrons. The standard InChI is InChI=1S/C24H22N2O4/c1-2-16-29-21-14-10-20(11-15-21)24(28)30-22-12-8-18(9-13-22)17-25-26-23(27)19-6-4-3-5-7-19/h3-15,17H,2,16H2,1H3,(H,26,27). The van der Waals surface area contributed by atoms with E-state index in [2.05, 4.69) is 10.5 Å². The maximum Gasteiger partial charge on any atom is 0.343 e. The summed E-state index contributed by atoms with van der Waals surface area (Å²) in [4.78, 5) is 24.2. The smallest absolute Gasteiger partial charge is 0.343 e. The van der Waals surface area contributed by atoms with Crippen molar-refractivity contribution in [3.8, 4) is 11.5 Å². The quantitative estimate of drug-likeness (QED) is 0.261. The summed E-state index contributed by atoms with van der Waals surface area (Å²) in [6, 6.07) is 22.5. The summed E-state index contributed by atoms with van der Waals surface area (Å²) < 4.78 is 10.9. The zero-order chi connectivity index (χ0) is 21.2. The van der Waals surface area contributed by atoms with Gasteiger partial charge in [-0.3, -0.25) is 4.79 Å². The second kappa shape index (κ2) is 10.6. The van der Waals surface area contributed by atoms with E-state index in [1.165, 1.54) is 6.21 Å². The Morgan fingerprint density at radius 1 is 0.867 bits per heavy atom. The first-order valence-electron chi connectivity index (χ1n) is 9.59. The molecule has 0 saturated carbocycles. The third kappa shape index (κ3) is 6.04. The first kappa shape index (κ1) is 20.8. The summed E-state index contributed by atoms with van der Waals surface area (Å²) in [6.45, 7) is 2.67. The number of hydrogen-bond acceptors (Lipinski definition) is 5. The minimum absolute atomic E-state index is 0.288. The van der Waals surface area contributed by atoms with Crippen molar-refractivity contribution in [1.29, 1.82) is 0 Å². The van der Waals surface area contributed by atoms with E-state index in [0.717, 1.165) is 17.7 Å². The van der Waals surface area contributed by atoms with Gasteiger partial charge in [0.2, 0.25) is 0 Å². The lowest BCUT2D eigenvalue weighted by Gasteiger charge is -2.07. The fourth-order valence-electron chi connectivity index (χ4n) is 2.51. The van der Waals surface area contributed by atoms with Crippen LogP contribution >= 0.6 is 0 Å². The third-order valence-corrected chi connectivity index (χ3v) is 4.07. The van der Waals surface area contributed by atoms with Crippen molar-refractivity contribution >= 4 is 18.1 Å². The second-order valence-electron chi connectivity index (χ2n) is 6.40. The fraction of sp³-hybridized carbons (Fsp3) is 0.125. The molecule has 152 valence electrons. The SMILES string of the molecule is CCCOc1ccc(C(=O)Oc2ccc(C=NNC(=O)c3ccccc3)cc2)cc1. The van der Waals surface area contributed by atoms with Crippen LogP contribution in [0, 0.1) is 0 Å². The maximum atomic E-state index is 12.3. The molecule has 1 amide bonds. The van der Waals surface area contributed by atoms with Gasteiger partial charge in [-0.05, 0) is 72.6 Å². The zero-order valence-corrected chi connectivity index (χ0v) is 16.6. The van der Waals surface area contributed by atoms with Gasteiger partial charge in [0.15, 0.2) is 0 Å². The normalized spacial score (nSPS) is 10.6. The van der Waals surface area contributed by atoms with Crippen LogP contribution in [-0.2, 0) is 0 Å². The predicted octanol–water partition coefficient (Wildman–Crippen LogP) is 4.46. The fourth-order valence-corrected chi connectivity index (χ4v) is 2.51. The van der Waals surface area contributed by atoms with Crippen molar-refractivity contribution in [1.82, 2.24) is 5.43 Å². The molecule has 6 nitrogen and oxygen atoms in total. The average molecular weight is 402 g/mol. The molecular weight excluding hydrogens is 380 g/mol. The number of rotatable bonds is 8. The molecule has 0 aliphatic carbocycles. The predicted molar refractivity (Wildman–Crippen MR) is 115 cm³/mol. The van der Waals surface area contributed by atoms with E-state index >= 15 is 0 Å². The lowest BCUT2D eigenvalue weighted by molar-refractivity contribution is 0.0734. The highest BCUT2D eigenvalue weighted by Crippen LogP contribution is 2.16. The Morgan fingerprint density at radius 3 is 2.20 bits per heavy atom. The van der Waals surface area contributed by atoms with Gasteiger partial charge >= 0.3 is 5.97 Å². The lowest BCUT2D eigenvalue weighted by Crippen LogP contribution is -2.17. The monoisotopic (exact) mass is 402 g/mol. The zero-order valence-electron chi connectivity index (χ0n) is 16.6. The molecule has 1 N–H and O–H groups in total. The van der Waals surface area contributed by atoms with Crippen LogP contribution in [0.25, 0.3) is 0 Å². The highest BCUT2D eigenvalue weighted by molar-refractivity contribution is 5.95.